The normalized spacial score (nSPS) is 23.0. The molecule has 1 amide bonds. The Kier molecular flexibility index (Phi) is 5.76. The molecule has 1 aliphatic rings. The molecule has 1 aromatic carbocycles. The van der Waals surface area contributed by atoms with Crippen LogP contribution in [0.3, 0.4) is 0 Å². The lowest BCUT2D eigenvalue weighted by Crippen LogP contribution is -2.56. The average molecular weight is 290 g/mol. The first kappa shape index (κ1) is 16.0. The number of rotatable bonds is 7. The molecule has 1 unspecified atom stereocenters. The largest absolute Gasteiger partial charge is 0.394 e. The lowest BCUT2D eigenvalue weighted by Gasteiger charge is -2.30. The predicted octanol–water partition coefficient (Wildman–Crippen LogP) is 1.63. The van der Waals surface area contributed by atoms with E-state index < -0.39 is 5.54 Å². The summed E-state index contributed by atoms with van der Waals surface area (Å²) in [5.41, 5.74) is 0.694. The smallest absolute Gasteiger partial charge is 0.240 e. The Morgan fingerprint density at radius 2 is 2.19 bits per heavy atom. The maximum Gasteiger partial charge on any atom is 0.240 e. The second-order valence-corrected chi connectivity index (χ2v) is 5.91. The molecule has 116 valence electrons. The third-order valence-electron chi connectivity index (χ3n) is 4.24. The Morgan fingerprint density at radius 3 is 2.76 bits per heavy atom. The second-order valence-electron chi connectivity index (χ2n) is 5.91. The first-order valence-corrected chi connectivity index (χ1v) is 7.91. The van der Waals surface area contributed by atoms with E-state index in [0.717, 1.165) is 37.8 Å². The van der Waals surface area contributed by atoms with Gasteiger partial charge in [0.1, 0.15) is 0 Å². The highest BCUT2D eigenvalue weighted by molar-refractivity contribution is 5.87. The van der Waals surface area contributed by atoms with E-state index >= 15 is 0 Å². The summed E-state index contributed by atoms with van der Waals surface area (Å²) in [6, 6.07) is 9.73. The Morgan fingerprint density at radius 1 is 1.43 bits per heavy atom. The molecule has 1 fully saturated rings. The van der Waals surface area contributed by atoms with Gasteiger partial charge in [0.05, 0.1) is 18.2 Å². The van der Waals surface area contributed by atoms with E-state index in [1.807, 2.05) is 30.3 Å². The monoisotopic (exact) mass is 290 g/mol. The zero-order valence-electron chi connectivity index (χ0n) is 12.8. The Balaban J connectivity index is 1.98. The fourth-order valence-electron chi connectivity index (χ4n) is 3.14. The SMILES string of the molecule is CCCC1(C(=O)N[C@@H](CO)Cc2ccccc2)CCCN1. The van der Waals surface area contributed by atoms with Crippen molar-refractivity contribution in [3.8, 4) is 0 Å². The van der Waals surface area contributed by atoms with E-state index in [1.54, 1.807) is 0 Å². The Bertz CT molecular complexity index is 441. The first-order valence-electron chi connectivity index (χ1n) is 7.91. The minimum Gasteiger partial charge on any atom is -0.394 e. The van der Waals surface area contributed by atoms with E-state index in [1.165, 1.54) is 0 Å². The summed E-state index contributed by atoms with van der Waals surface area (Å²) in [5.74, 6) is 0.0387. The molecule has 21 heavy (non-hydrogen) atoms. The molecule has 1 saturated heterocycles. The molecule has 1 heterocycles. The number of carbonyl (C=O) groups excluding carboxylic acids is 1. The molecule has 4 nitrogen and oxygen atoms in total. The number of aliphatic hydroxyl groups is 1. The van der Waals surface area contributed by atoms with Crippen LogP contribution in [0.25, 0.3) is 0 Å². The zero-order chi connectivity index (χ0) is 15.1. The molecule has 2 atom stereocenters. The second kappa shape index (κ2) is 7.57. The van der Waals surface area contributed by atoms with Crippen LogP contribution in [0.4, 0.5) is 0 Å². The number of benzene rings is 1. The van der Waals surface area contributed by atoms with Gasteiger partial charge in [-0.2, -0.15) is 0 Å². The van der Waals surface area contributed by atoms with Crippen LogP contribution in [0, 0.1) is 0 Å². The van der Waals surface area contributed by atoms with Crippen molar-refractivity contribution >= 4 is 5.91 Å². The lowest BCUT2D eigenvalue weighted by atomic mass is 9.90. The van der Waals surface area contributed by atoms with Crippen molar-refractivity contribution in [2.24, 2.45) is 0 Å². The molecule has 0 aromatic heterocycles. The van der Waals surface area contributed by atoms with Crippen LogP contribution in [0.1, 0.15) is 38.2 Å². The van der Waals surface area contributed by atoms with Gasteiger partial charge in [0.2, 0.25) is 5.91 Å². The van der Waals surface area contributed by atoms with Gasteiger partial charge >= 0.3 is 0 Å². The zero-order valence-corrected chi connectivity index (χ0v) is 12.8. The van der Waals surface area contributed by atoms with E-state index in [9.17, 15) is 9.90 Å². The quantitative estimate of drug-likeness (QED) is 0.715. The van der Waals surface area contributed by atoms with Gasteiger partial charge in [0.25, 0.3) is 0 Å². The highest BCUT2D eigenvalue weighted by Crippen LogP contribution is 2.25. The van der Waals surface area contributed by atoms with Crippen molar-refractivity contribution in [3.05, 3.63) is 35.9 Å². The fourth-order valence-corrected chi connectivity index (χ4v) is 3.14. The number of aliphatic hydroxyl groups excluding tert-OH is 1. The van der Waals surface area contributed by atoms with E-state index in [-0.39, 0.29) is 18.6 Å². The molecule has 1 aromatic rings. The van der Waals surface area contributed by atoms with Crippen LogP contribution >= 0.6 is 0 Å². The number of hydrogen-bond donors (Lipinski definition) is 3. The van der Waals surface area contributed by atoms with Gasteiger partial charge in [-0.1, -0.05) is 43.7 Å². The van der Waals surface area contributed by atoms with Crippen molar-refractivity contribution in [1.29, 1.82) is 0 Å². The minimum atomic E-state index is -0.432. The van der Waals surface area contributed by atoms with Gasteiger partial charge in [0.15, 0.2) is 0 Å². The summed E-state index contributed by atoms with van der Waals surface area (Å²) in [6.45, 7) is 2.96. The summed E-state index contributed by atoms with van der Waals surface area (Å²) in [6.07, 6.45) is 4.41. The molecule has 3 N–H and O–H groups in total. The first-order chi connectivity index (χ1) is 10.2. The fraction of sp³-hybridized carbons (Fsp3) is 0.588. The molecule has 0 bridgehead atoms. The molecule has 0 saturated carbocycles. The molecular formula is C17H26N2O2. The lowest BCUT2D eigenvalue weighted by molar-refractivity contribution is -0.128. The van der Waals surface area contributed by atoms with Gasteiger partial charge < -0.3 is 15.7 Å². The van der Waals surface area contributed by atoms with Gasteiger partial charge in [0, 0.05) is 0 Å². The van der Waals surface area contributed by atoms with E-state index in [4.69, 9.17) is 0 Å². The van der Waals surface area contributed by atoms with Crippen LogP contribution in [-0.2, 0) is 11.2 Å². The van der Waals surface area contributed by atoms with Gasteiger partial charge in [-0.3, -0.25) is 4.79 Å². The maximum atomic E-state index is 12.6. The van der Waals surface area contributed by atoms with Crippen LogP contribution < -0.4 is 10.6 Å². The summed E-state index contributed by atoms with van der Waals surface area (Å²) in [7, 11) is 0. The summed E-state index contributed by atoms with van der Waals surface area (Å²) in [5, 5.41) is 16.0. The van der Waals surface area contributed by atoms with Crippen LogP contribution in [0.2, 0.25) is 0 Å². The standard InChI is InChI=1S/C17H26N2O2/c1-2-9-17(10-6-11-18-17)16(21)19-15(13-20)12-14-7-4-3-5-8-14/h3-5,7-8,15,18,20H,2,6,9-13H2,1H3,(H,19,21)/t15-,17?/m1/s1. The molecule has 0 aliphatic carbocycles. The molecule has 0 radical (unpaired) electrons. The summed E-state index contributed by atoms with van der Waals surface area (Å²) in [4.78, 5) is 12.6. The Labute approximate surface area is 126 Å². The van der Waals surface area contributed by atoms with Crippen molar-refractivity contribution in [2.45, 2.75) is 50.6 Å². The third-order valence-corrected chi connectivity index (χ3v) is 4.24. The average Bonchev–Trinajstić information content (AvgIpc) is 2.98. The van der Waals surface area contributed by atoms with Crippen LogP contribution in [-0.4, -0.2) is 35.7 Å². The van der Waals surface area contributed by atoms with E-state index in [2.05, 4.69) is 17.6 Å². The van der Waals surface area contributed by atoms with Crippen molar-refractivity contribution in [1.82, 2.24) is 10.6 Å². The van der Waals surface area contributed by atoms with Crippen molar-refractivity contribution < 1.29 is 9.90 Å². The van der Waals surface area contributed by atoms with Gasteiger partial charge in [-0.05, 0) is 37.8 Å². The topological polar surface area (TPSA) is 61.4 Å². The van der Waals surface area contributed by atoms with Crippen LogP contribution in [0.5, 0.6) is 0 Å². The van der Waals surface area contributed by atoms with Gasteiger partial charge in [-0.25, -0.2) is 0 Å². The van der Waals surface area contributed by atoms with Crippen LogP contribution in [0.15, 0.2) is 30.3 Å². The molecule has 2 rings (SSSR count). The summed E-state index contributed by atoms with van der Waals surface area (Å²) >= 11 is 0. The summed E-state index contributed by atoms with van der Waals surface area (Å²) < 4.78 is 0. The maximum absolute atomic E-state index is 12.6. The van der Waals surface area contributed by atoms with Crippen molar-refractivity contribution in [2.75, 3.05) is 13.2 Å². The Hall–Kier alpha value is -1.39. The number of amides is 1. The molecule has 1 aliphatic heterocycles. The number of carbonyl (C=O) groups is 1. The number of nitrogens with one attached hydrogen (secondary N) is 2. The predicted molar refractivity (Wildman–Crippen MR) is 84.0 cm³/mol. The van der Waals surface area contributed by atoms with Gasteiger partial charge in [-0.15, -0.1) is 0 Å². The number of hydrogen-bond acceptors (Lipinski definition) is 3. The third kappa shape index (κ3) is 4.05. The van der Waals surface area contributed by atoms with Crippen molar-refractivity contribution in [3.63, 3.8) is 0 Å². The molecular weight excluding hydrogens is 264 g/mol. The van der Waals surface area contributed by atoms with E-state index in [0.29, 0.717) is 6.42 Å². The highest BCUT2D eigenvalue weighted by atomic mass is 16.3. The minimum absolute atomic E-state index is 0.0387. The molecule has 0 spiro atoms. The highest BCUT2D eigenvalue weighted by Gasteiger charge is 2.40. The molecule has 4 heteroatoms.